The van der Waals surface area contributed by atoms with Crippen LogP contribution in [-0.4, -0.2) is 37.1 Å². The molecule has 0 aliphatic carbocycles. The third-order valence-corrected chi connectivity index (χ3v) is 2.31. The Bertz CT molecular complexity index is 95.2. The molecule has 0 aromatic heterocycles. The number of nitrogens with two attached hydrogens (primary N) is 2. The van der Waals surface area contributed by atoms with Crippen molar-refractivity contribution in [2.45, 2.75) is 32.7 Å². The summed E-state index contributed by atoms with van der Waals surface area (Å²) in [6.07, 6.45) is 3.43. The molecule has 0 radical (unpaired) electrons. The number of nitrogens with zero attached hydrogens (tertiary/aromatic N) is 1. The van der Waals surface area contributed by atoms with E-state index in [9.17, 15) is 0 Å². The summed E-state index contributed by atoms with van der Waals surface area (Å²) >= 11 is 0. The molecule has 1 aliphatic heterocycles. The molecule has 3 nitrogen and oxygen atoms in total. The van der Waals surface area contributed by atoms with Crippen molar-refractivity contribution in [3.63, 3.8) is 0 Å². The maximum absolute atomic E-state index is 5.77. The molecule has 1 fully saturated rings. The highest BCUT2D eigenvalue weighted by atomic mass is 15.1. The molecule has 0 unspecified atom stereocenters. The lowest BCUT2D eigenvalue weighted by Gasteiger charge is -2.29. The van der Waals surface area contributed by atoms with Gasteiger partial charge in [-0.15, -0.1) is 0 Å². The van der Waals surface area contributed by atoms with Crippen molar-refractivity contribution in [1.82, 2.24) is 4.90 Å². The fourth-order valence-corrected chi connectivity index (χ4v) is 1.49. The van der Waals surface area contributed by atoms with E-state index in [1.54, 1.807) is 0 Å². The summed E-state index contributed by atoms with van der Waals surface area (Å²) in [5.74, 6) is 0. The summed E-state index contributed by atoms with van der Waals surface area (Å²) in [6.45, 7) is 4.30. The Morgan fingerprint density at radius 3 is 2.33 bits per heavy atom. The first-order valence-electron chi connectivity index (χ1n) is 4.51. The number of rotatable bonds is 3. The molecule has 74 valence electrons. The topological polar surface area (TPSA) is 55.3 Å². The van der Waals surface area contributed by atoms with Gasteiger partial charge in [-0.25, -0.2) is 0 Å². The van der Waals surface area contributed by atoms with Crippen LogP contribution in [0.5, 0.6) is 0 Å². The summed E-state index contributed by atoms with van der Waals surface area (Å²) in [7, 11) is 0. The van der Waals surface area contributed by atoms with Crippen LogP contribution in [0, 0.1) is 0 Å². The molecule has 1 rings (SSSR count). The highest BCUT2D eigenvalue weighted by Crippen LogP contribution is 2.07. The van der Waals surface area contributed by atoms with Gasteiger partial charge in [0.15, 0.2) is 0 Å². The van der Waals surface area contributed by atoms with Crippen molar-refractivity contribution < 1.29 is 0 Å². The zero-order valence-corrected chi connectivity index (χ0v) is 7.13. The van der Waals surface area contributed by atoms with Gasteiger partial charge in [-0.2, -0.15) is 0 Å². The highest BCUT2D eigenvalue weighted by molar-refractivity contribution is 4.73. The van der Waals surface area contributed by atoms with Crippen LogP contribution in [0.3, 0.4) is 0 Å². The Balaban J connectivity index is 0.00000121. The van der Waals surface area contributed by atoms with Crippen molar-refractivity contribution in [2.75, 3.05) is 26.2 Å². The molecule has 12 heavy (non-hydrogen) atoms. The predicted octanol–water partition coefficient (Wildman–Crippen LogP) is 0.394. The van der Waals surface area contributed by atoms with Crippen LogP contribution in [0.2, 0.25) is 0 Å². The Hall–Kier alpha value is -0.120. The average molecular weight is 173 g/mol. The minimum absolute atomic E-state index is 0. The molecule has 0 bridgehead atoms. The Labute approximate surface area is 76.1 Å². The fourth-order valence-electron chi connectivity index (χ4n) is 1.49. The number of likely N-dealkylation sites (tertiary alicyclic amines) is 1. The molecular weight excluding hydrogens is 150 g/mol. The zero-order valence-electron chi connectivity index (χ0n) is 7.13. The van der Waals surface area contributed by atoms with Gasteiger partial charge in [0.25, 0.3) is 0 Å². The standard InChI is InChI=1S/C8H19N3.CH4/c9-4-1-5-11-6-2-8(10)3-7-11;/h8H,1-7,9-10H2;1H4. The molecule has 0 aromatic rings. The SMILES string of the molecule is C.NCCCN1CCC(N)CC1. The molecule has 0 spiro atoms. The van der Waals surface area contributed by atoms with Gasteiger partial charge in [0.05, 0.1) is 0 Å². The quantitative estimate of drug-likeness (QED) is 0.649. The molecule has 0 amide bonds. The monoisotopic (exact) mass is 173 g/mol. The van der Waals surface area contributed by atoms with Gasteiger partial charge < -0.3 is 16.4 Å². The first-order chi connectivity index (χ1) is 5.33. The first-order valence-corrected chi connectivity index (χ1v) is 4.51. The van der Waals surface area contributed by atoms with Crippen molar-refractivity contribution in [1.29, 1.82) is 0 Å². The van der Waals surface area contributed by atoms with Crippen molar-refractivity contribution in [2.24, 2.45) is 11.5 Å². The van der Waals surface area contributed by atoms with Gasteiger partial charge in [0.2, 0.25) is 0 Å². The minimum Gasteiger partial charge on any atom is -0.330 e. The van der Waals surface area contributed by atoms with E-state index in [-0.39, 0.29) is 7.43 Å². The van der Waals surface area contributed by atoms with E-state index in [4.69, 9.17) is 11.5 Å². The number of hydrogen-bond acceptors (Lipinski definition) is 3. The molecule has 1 heterocycles. The van der Waals surface area contributed by atoms with Gasteiger partial charge >= 0.3 is 0 Å². The van der Waals surface area contributed by atoms with Gasteiger partial charge in [-0.05, 0) is 45.4 Å². The van der Waals surface area contributed by atoms with E-state index < -0.39 is 0 Å². The summed E-state index contributed by atoms with van der Waals surface area (Å²) in [5, 5.41) is 0. The van der Waals surface area contributed by atoms with Crippen LogP contribution in [0.25, 0.3) is 0 Å². The summed E-state index contributed by atoms with van der Waals surface area (Å²) < 4.78 is 0. The lowest BCUT2D eigenvalue weighted by molar-refractivity contribution is 0.212. The van der Waals surface area contributed by atoms with Gasteiger partial charge in [0.1, 0.15) is 0 Å². The maximum atomic E-state index is 5.77. The molecule has 3 heteroatoms. The zero-order chi connectivity index (χ0) is 8.10. The molecule has 1 saturated heterocycles. The predicted molar refractivity (Wildman–Crippen MR) is 54.1 cm³/mol. The largest absolute Gasteiger partial charge is 0.330 e. The normalized spacial score (nSPS) is 20.5. The van der Waals surface area contributed by atoms with Crippen LogP contribution >= 0.6 is 0 Å². The number of piperidine rings is 1. The Morgan fingerprint density at radius 2 is 1.83 bits per heavy atom. The summed E-state index contributed by atoms with van der Waals surface area (Å²) in [6, 6.07) is 0.448. The van der Waals surface area contributed by atoms with Crippen LogP contribution in [0.1, 0.15) is 26.7 Å². The van der Waals surface area contributed by atoms with E-state index in [1.165, 1.54) is 13.1 Å². The van der Waals surface area contributed by atoms with Crippen molar-refractivity contribution in [3.05, 3.63) is 0 Å². The van der Waals surface area contributed by atoms with Gasteiger partial charge in [-0.3, -0.25) is 0 Å². The Morgan fingerprint density at radius 1 is 1.25 bits per heavy atom. The van der Waals surface area contributed by atoms with Crippen molar-refractivity contribution in [3.8, 4) is 0 Å². The summed E-state index contributed by atoms with van der Waals surface area (Å²) in [4.78, 5) is 2.45. The molecule has 1 aliphatic rings. The number of hydrogen-bond donors (Lipinski definition) is 2. The first kappa shape index (κ1) is 11.9. The smallest absolute Gasteiger partial charge is 0.00631 e. The van der Waals surface area contributed by atoms with E-state index in [0.717, 1.165) is 32.4 Å². The van der Waals surface area contributed by atoms with E-state index in [1.807, 2.05) is 0 Å². The molecule has 0 saturated carbocycles. The molecule has 0 aromatic carbocycles. The lowest BCUT2D eigenvalue weighted by atomic mass is 10.1. The van der Waals surface area contributed by atoms with Crippen LogP contribution in [-0.2, 0) is 0 Å². The van der Waals surface area contributed by atoms with E-state index >= 15 is 0 Å². The molecule has 4 N–H and O–H groups in total. The second-order valence-corrected chi connectivity index (χ2v) is 3.32. The van der Waals surface area contributed by atoms with Crippen molar-refractivity contribution >= 4 is 0 Å². The van der Waals surface area contributed by atoms with E-state index in [2.05, 4.69) is 4.90 Å². The summed E-state index contributed by atoms with van der Waals surface area (Å²) in [5.41, 5.74) is 11.2. The third kappa shape index (κ3) is 4.04. The lowest BCUT2D eigenvalue weighted by Crippen LogP contribution is -2.40. The fraction of sp³-hybridized carbons (Fsp3) is 1.00. The molecule has 0 atom stereocenters. The van der Waals surface area contributed by atoms with Crippen LogP contribution < -0.4 is 11.5 Å². The highest BCUT2D eigenvalue weighted by Gasteiger charge is 2.14. The van der Waals surface area contributed by atoms with Gasteiger partial charge in [0, 0.05) is 6.04 Å². The van der Waals surface area contributed by atoms with E-state index in [0.29, 0.717) is 6.04 Å². The maximum Gasteiger partial charge on any atom is 0.00631 e. The average Bonchev–Trinajstić information content (AvgIpc) is 2.04. The molecular formula is C9H23N3. The minimum atomic E-state index is 0. The van der Waals surface area contributed by atoms with Gasteiger partial charge in [-0.1, -0.05) is 7.43 Å². The second kappa shape index (κ2) is 6.40. The second-order valence-electron chi connectivity index (χ2n) is 3.32. The van der Waals surface area contributed by atoms with Crippen LogP contribution in [0.15, 0.2) is 0 Å². The van der Waals surface area contributed by atoms with Crippen LogP contribution in [0.4, 0.5) is 0 Å². The third-order valence-electron chi connectivity index (χ3n) is 2.31. The Kier molecular flexibility index (Phi) is 6.34.